The molecule has 1 saturated heterocycles. The molecular weight excluding hydrogens is 256 g/mol. The highest BCUT2D eigenvalue weighted by Gasteiger charge is 2.23. The van der Waals surface area contributed by atoms with Crippen molar-refractivity contribution in [1.29, 1.82) is 5.26 Å². The molecule has 1 aromatic carbocycles. The standard InChI is InChI=1S/C15H18N2O3/c1-17-8-4-6-13(10-17)20-15(18)11-19-14-7-3-2-5-12(14)9-16/h2-3,5,7,13H,4,6,8,10-11H2,1H3/p+1/t13-/m1/s1. The number of para-hydroxylation sites is 1. The van der Waals surface area contributed by atoms with E-state index in [0.717, 1.165) is 25.9 Å². The highest BCUT2D eigenvalue weighted by Crippen LogP contribution is 2.16. The van der Waals surface area contributed by atoms with Crippen LogP contribution in [-0.4, -0.2) is 38.8 Å². The number of hydrogen-bond donors (Lipinski definition) is 1. The van der Waals surface area contributed by atoms with Crippen LogP contribution < -0.4 is 9.64 Å². The third-order valence-corrected chi connectivity index (χ3v) is 3.36. The molecule has 20 heavy (non-hydrogen) atoms. The minimum atomic E-state index is -0.377. The van der Waals surface area contributed by atoms with E-state index in [-0.39, 0.29) is 18.7 Å². The van der Waals surface area contributed by atoms with Gasteiger partial charge in [-0.1, -0.05) is 12.1 Å². The van der Waals surface area contributed by atoms with Gasteiger partial charge in [0.25, 0.3) is 0 Å². The quantitative estimate of drug-likeness (QED) is 0.795. The van der Waals surface area contributed by atoms with Gasteiger partial charge in [0.15, 0.2) is 12.7 Å². The van der Waals surface area contributed by atoms with Gasteiger partial charge in [-0.2, -0.15) is 5.26 Å². The fourth-order valence-corrected chi connectivity index (χ4v) is 2.37. The zero-order valence-corrected chi connectivity index (χ0v) is 11.6. The number of nitriles is 1. The van der Waals surface area contributed by atoms with Crippen LogP contribution in [0.2, 0.25) is 0 Å². The summed E-state index contributed by atoms with van der Waals surface area (Å²) in [7, 11) is 2.10. The molecule has 1 N–H and O–H groups in total. The van der Waals surface area contributed by atoms with Crippen molar-refractivity contribution in [2.45, 2.75) is 18.9 Å². The van der Waals surface area contributed by atoms with Crippen LogP contribution in [0, 0.1) is 11.3 Å². The summed E-state index contributed by atoms with van der Waals surface area (Å²) in [6.45, 7) is 1.81. The molecule has 1 unspecified atom stereocenters. The minimum absolute atomic E-state index is 0.0222. The van der Waals surface area contributed by atoms with E-state index in [1.165, 1.54) is 4.90 Å². The van der Waals surface area contributed by atoms with E-state index in [9.17, 15) is 4.79 Å². The van der Waals surface area contributed by atoms with Crippen molar-refractivity contribution >= 4 is 5.97 Å². The molecule has 1 fully saturated rings. The number of carbonyl (C=O) groups excluding carboxylic acids is 1. The van der Waals surface area contributed by atoms with Crippen LogP contribution in [0.1, 0.15) is 18.4 Å². The van der Waals surface area contributed by atoms with Crippen LogP contribution in [0.25, 0.3) is 0 Å². The second-order valence-corrected chi connectivity index (χ2v) is 5.06. The molecule has 2 atom stereocenters. The summed E-state index contributed by atoms with van der Waals surface area (Å²) in [6, 6.07) is 8.87. The van der Waals surface area contributed by atoms with Gasteiger partial charge in [-0.3, -0.25) is 0 Å². The van der Waals surface area contributed by atoms with E-state index in [2.05, 4.69) is 7.05 Å². The summed E-state index contributed by atoms with van der Waals surface area (Å²) in [5.41, 5.74) is 0.419. The van der Waals surface area contributed by atoms with E-state index in [4.69, 9.17) is 14.7 Å². The predicted octanol–water partition coefficient (Wildman–Crippen LogP) is 0.157. The van der Waals surface area contributed by atoms with Gasteiger partial charge in [0.1, 0.15) is 18.4 Å². The number of likely N-dealkylation sites (tertiary alicyclic amines) is 1. The number of likely N-dealkylation sites (N-methyl/N-ethyl adjacent to an activating group) is 1. The summed E-state index contributed by atoms with van der Waals surface area (Å²) >= 11 is 0. The van der Waals surface area contributed by atoms with Crippen LogP contribution >= 0.6 is 0 Å². The number of rotatable bonds is 4. The molecule has 1 aliphatic rings. The van der Waals surface area contributed by atoms with Crippen molar-refractivity contribution < 1.29 is 19.2 Å². The molecule has 0 spiro atoms. The number of carbonyl (C=O) groups is 1. The van der Waals surface area contributed by atoms with Gasteiger partial charge in [0.05, 0.1) is 19.2 Å². The van der Waals surface area contributed by atoms with Gasteiger partial charge in [0.2, 0.25) is 0 Å². The topological polar surface area (TPSA) is 63.8 Å². The number of esters is 1. The van der Waals surface area contributed by atoms with Crippen molar-refractivity contribution in [2.24, 2.45) is 0 Å². The van der Waals surface area contributed by atoms with Crippen molar-refractivity contribution in [2.75, 3.05) is 26.7 Å². The molecule has 0 aliphatic carbocycles. The van der Waals surface area contributed by atoms with Gasteiger partial charge < -0.3 is 14.4 Å². The van der Waals surface area contributed by atoms with Gasteiger partial charge in [-0.15, -0.1) is 0 Å². The number of benzene rings is 1. The van der Waals surface area contributed by atoms with Crippen LogP contribution in [0.3, 0.4) is 0 Å². The Labute approximate surface area is 118 Å². The Balaban J connectivity index is 1.82. The second kappa shape index (κ2) is 6.92. The zero-order valence-electron chi connectivity index (χ0n) is 11.6. The molecule has 0 radical (unpaired) electrons. The lowest BCUT2D eigenvalue weighted by Crippen LogP contribution is -3.11. The fraction of sp³-hybridized carbons (Fsp3) is 0.467. The Bertz CT molecular complexity index is 510. The van der Waals surface area contributed by atoms with Crippen LogP contribution in [0.4, 0.5) is 0 Å². The van der Waals surface area contributed by atoms with Crippen molar-refractivity contribution in [3.63, 3.8) is 0 Å². The smallest absolute Gasteiger partial charge is 0.344 e. The first-order valence-corrected chi connectivity index (χ1v) is 6.81. The van der Waals surface area contributed by atoms with Gasteiger partial charge in [0, 0.05) is 6.42 Å². The van der Waals surface area contributed by atoms with Crippen LogP contribution in [0.5, 0.6) is 5.75 Å². The summed E-state index contributed by atoms with van der Waals surface area (Å²) in [6.07, 6.45) is 1.96. The molecule has 1 aromatic rings. The Morgan fingerprint density at radius 2 is 2.30 bits per heavy atom. The van der Waals surface area contributed by atoms with E-state index < -0.39 is 0 Å². The van der Waals surface area contributed by atoms with Gasteiger partial charge in [-0.25, -0.2) is 4.79 Å². The molecule has 0 saturated carbocycles. The Hall–Kier alpha value is -2.06. The molecule has 2 rings (SSSR count). The first-order valence-electron chi connectivity index (χ1n) is 6.81. The van der Waals surface area contributed by atoms with Gasteiger partial charge >= 0.3 is 5.97 Å². The molecule has 5 nitrogen and oxygen atoms in total. The average Bonchev–Trinajstić information content (AvgIpc) is 2.45. The minimum Gasteiger partial charge on any atom is -0.481 e. The van der Waals surface area contributed by atoms with Crippen molar-refractivity contribution in [3.8, 4) is 11.8 Å². The zero-order chi connectivity index (χ0) is 14.4. The summed E-state index contributed by atoms with van der Waals surface area (Å²) in [5.74, 6) is 0.0378. The highest BCUT2D eigenvalue weighted by molar-refractivity contribution is 5.71. The Morgan fingerprint density at radius 3 is 3.05 bits per heavy atom. The van der Waals surface area contributed by atoms with Crippen molar-refractivity contribution in [3.05, 3.63) is 29.8 Å². The van der Waals surface area contributed by atoms with E-state index >= 15 is 0 Å². The van der Waals surface area contributed by atoms with Crippen LogP contribution in [-0.2, 0) is 9.53 Å². The van der Waals surface area contributed by atoms with E-state index in [1.54, 1.807) is 24.3 Å². The first-order chi connectivity index (χ1) is 9.69. The summed E-state index contributed by atoms with van der Waals surface area (Å²) in [4.78, 5) is 13.1. The van der Waals surface area contributed by atoms with E-state index in [0.29, 0.717) is 11.3 Å². The number of nitrogens with zero attached hydrogens (tertiary/aromatic N) is 1. The maximum atomic E-state index is 11.8. The third kappa shape index (κ3) is 3.97. The number of piperidine rings is 1. The molecule has 0 amide bonds. The largest absolute Gasteiger partial charge is 0.481 e. The molecule has 1 heterocycles. The molecular formula is C15H19N2O3+. The molecule has 0 aromatic heterocycles. The SMILES string of the molecule is C[NH+]1CCC[C@@H](OC(=O)COc2ccccc2C#N)C1. The predicted molar refractivity (Wildman–Crippen MR) is 72.4 cm³/mol. The maximum absolute atomic E-state index is 11.8. The van der Waals surface area contributed by atoms with Gasteiger partial charge in [-0.05, 0) is 18.6 Å². The Morgan fingerprint density at radius 1 is 1.50 bits per heavy atom. The lowest BCUT2D eigenvalue weighted by atomic mass is 10.1. The maximum Gasteiger partial charge on any atom is 0.344 e. The number of ether oxygens (including phenoxy) is 2. The first kappa shape index (κ1) is 14.4. The lowest BCUT2D eigenvalue weighted by molar-refractivity contribution is -0.888. The molecule has 0 bridgehead atoms. The van der Waals surface area contributed by atoms with Crippen molar-refractivity contribution in [1.82, 2.24) is 0 Å². The van der Waals surface area contributed by atoms with E-state index in [1.807, 2.05) is 6.07 Å². The highest BCUT2D eigenvalue weighted by atomic mass is 16.6. The number of quaternary nitrogens is 1. The third-order valence-electron chi connectivity index (χ3n) is 3.36. The normalized spacial score (nSPS) is 21.8. The molecule has 1 aliphatic heterocycles. The Kier molecular flexibility index (Phi) is 4.97. The fourth-order valence-electron chi connectivity index (χ4n) is 2.37. The lowest BCUT2D eigenvalue weighted by Gasteiger charge is -2.26. The summed E-state index contributed by atoms with van der Waals surface area (Å²) < 4.78 is 10.7. The second-order valence-electron chi connectivity index (χ2n) is 5.06. The average molecular weight is 275 g/mol. The monoisotopic (exact) mass is 275 g/mol. The summed E-state index contributed by atoms with van der Waals surface area (Å²) in [5, 5.41) is 8.92. The molecule has 5 heteroatoms. The van der Waals surface area contributed by atoms with Crippen LogP contribution in [0.15, 0.2) is 24.3 Å². The number of nitrogens with one attached hydrogen (secondary N) is 1. The molecule has 106 valence electrons. The number of hydrogen-bond acceptors (Lipinski definition) is 4.